The van der Waals surface area contributed by atoms with E-state index in [1.54, 1.807) is 30.3 Å². The lowest BCUT2D eigenvalue weighted by molar-refractivity contribution is -0.127. The first-order valence-corrected chi connectivity index (χ1v) is 9.48. The Labute approximate surface area is 143 Å². The Morgan fingerprint density at radius 3 is 2.91 bits per heavy atom. The first-order chi connectivity index (χ1) is 10.9. The first-order valence-electron chi connectivity index (χ1n) is 7.79. The van der Waals surface area contributed by atoms with Gasteiger partial charge in [0.25, 0.3) is 5.56 Å². The van der Waals surface area contributed by atoms with Gasteiger partial charge < -0.3 is 9.88 Å². The van der Waals surface area contributed by atoms with E-state index in [-0.39, 0.29) is 16.7 Å². The van der Waals surface area contributed by atoms with Crippen molar-refractivity contribution in [2.45, 2.75) is 43.5 Å². The topological polar surface area (TPSA) is 66.1 Å². The van der Waals surface area contributed by atoms with Gasteiger partial charge in [0, 0.05) is 19.0 Å². The number of carbonyl (C=O) groups is 1. The number of amides is 1. The van der Waals surface area contributed by atoms with E-state index in [0.29, 0.717) is 11.1 Å². The SMILES string of the molecule is C[C@H]1CCc2c(sc3nc(S[C@@H](C)C(=O)N(C)C)[nH]c(=O)c23)C1. The van der Waals surface area contributed by atoms with E-state index < -0.39 is 0 Å². The van der Waals surface area contributed by atoms with Crippen LogP contribution < -0.4 is 5.56 Å². The molecule has 0 spiro atoms. The van der Waals surface area contributed by atoms with E-state index in [2.05, 4.69) is 16.9 Å². The molecule has 0 aliphatic heterocycles. The molecule has 1 amide bonds. The predicted molar refractivity (Wildman–Crippen MR) is 95.4 cm³/mol. The number of nitrogens with one attached hydrogen (secondary N) is 1. The Morgan fingerprint density at radius 2 is 2.22 bits per heavy atom. The highest BCUT2D eigenvalue weighted by Gasteiger charge is 2.24. The Balaban J connectivity index is 1.96. The molecular formula is C16H21N3O2S2. The number of aromatic nitrogens is 2. The van der Waals surface area contributed by atoms with Crippen molar-refractivity contribution in [1.82, 2.24) is 14.9 Å². The lowest BCUT2D eigenvalue weighted by Crippen LogP contribution is -2.30. The average molecular weight is 351 g/mol. The summed E-state index contributed by atoms with van der Waals surface area (Å²) in [4.78, 5) is 35.6. The van der Waals surface area contributed by atoms with Gasteiger partial charge in [-0.05, 0) is 37.7 Å². The highest BCUT2D eigenvalue weighted by Crippen LogP contribution is 2.36. The summed E-state index contributed by atoms with van der Waals surface area (Å²) < 4.78 is 0. The molecule has 2 atom stereocenters. The molecule has 0 unspecified atom stereocenters. The molecule has 0 radical (unpaired) electrons. The third-order valence-electron chi connectivity index (χ3n) is 4.22. The van der Waals surface area contributed by atoms with Crippen LogP contribution in [0.15, 0.2) is 9.95 Å². The third kappa shape index (κ3) is 3.17. The molecule has 2 aromatic rings. The van der Waals surface area contributed by atoms with Gasteiger partial charge in [0.1, 0.15) is 4.83 Å². The van der Waals surface area contributed by atoms with Gasteiger partial charge in [0.15, 0.2) is 5.16 Å². The zero-order valence-electron chi connectivity index (χ0n) is 13.8. The second-order valence-electron chi connectivity index (χ2n) is 6.40. The molecule has 3 rings (SSSR count). The number of H-pyrrole nitrogens is 1. The fourth-order valence-electron chi connectivity index (χ4n) is 2.97. The summed E-state index contributed by atoms with van der Waals surface area (Å²) in [5.74, 6) is 0.679. The second-order valence-corrected chi connectivity index (χ2v) is 8.81. The molecule has 2 heterocycles. The molecule has 1 aliphatic carbocycles. The Bertz CT molecular complexity index is 809. The zero-order chi connectivity index (χ0) is 16.7. The van der Waals surface area contributed by atoms with Crippen molar-refractivity contribution in [3.8, 4) is 0 Å². The fourth-order valence-corrected chi connectivity index (χ4v) is 5.35. The van der Waals surface area contributed by atoms with E-state index >= 15 is 0 Å². The van der Waals surface area contributed by atoms with Crippen LogP contribution in [0.25, 0.3) is 10.2 Å². The summed E-state index contributed by atoms with van der Waals surface area (Å²) in [6, 6.07) is 0. The van der Waals surface area contributed by atoms with Gasteiger partial charge in [-0.3, -0.25) is 9.59 Å². The maximum Gasteiger partial charge on any atom is 0.260 e. The number of thiophene rings is 1. The Kier molecular flexibility index (Phi) is 4.51. The van der Waals surface area contributed by atoms with Crippen LogP contribution in [0, 0.1) is 5.92 Å². The minimum atomic E-state index is -0.278. The molecule has 0 saturated carbocycles. The average Bonchev–Trinajstić information content (AvgIpc) is 2.83. The summed E-state index contributed by atoms with van der Waals surface area (Å²) in [7, 11) is 3.46. The zero-order valence-corrected chi connectivity index (χ0v) is 15.4. The number of aryl methyl sites for hydroxylation is 1. The predicted octanol–water partition coefficient (Wildman–Crippen LogP) is 2.68. The molecule has 124 valence electrons. The largest absolute Gasteiger partial charge is 0.348 e. The molecule has 0 bridgehead atoms. The van der Waals surface area contributed by atoms with Gasteiger partial charge in [-0.25, -0.2) is 4.98 Å². The van der Waals surface area contributed by atoms with Crippen LogP contribution in [0.3, 0.4) is 0 Å². The molecule has 5 nitrogen and oxygen atoms in total. The van der Waals surface area contributed by atoms with E-state index in [0.717, 1.165) is 29.5 Å². The molecular weight excluding hydrogens is 330 g/mol. The molecule has 0 saturated heterocycles. The standard InChI is InChI=1S/C16H21N3O2S2/c1-8-5-6-10-11(7-8)23-14-12(10)13(20)17-16(18-14)22-9(2)15(21)19(3)4/h8-9H,5-7H2,1-4H3,(H,17,18,20)/t8-,9-/m0/s1. The highest BCUT2D eigenvalue weighted by molar-refractivity contribution is 8.00. The highest BCUT2D eigenvalue weighted by atomic mass is 32.2. The maximum absolute atomic E-state index is 12.5. The Hall–Kier alpha value is -1.34. The van der Waals surface area contributed by atoms with E-state index in [4.69, 9.17) is 0 Å². The summed E-state index contributed by atoms with van der Waals surface area (Å²) in [6.45, 7) is 4.08. The van der Waals surface area contributed by atoms with E-state index in [1.165, 1.54) is 22.2 Å². The maximum atomic E-state index is 12.5. The number of rotatable bonds is 3. The molecule has 23 heavy (non-hydrogen) atoms. The van der Waals surface area contributed by atoms with Crippen molar-refractivity contribution < 1.29 is 4.79 Å². The third-order valence-corrected chi connectivity index (χ3v) is 6.34. The summed E-state index contributed by atoms with van der Waals surface area (Å²) in [5, 5.41) is 1.00. The number of thioether (sulfide) groups is 1. The number of hydrogen-bond acceptors (Lipinski definition) is 5. The van der Waals surface area contributed by atoms with Crippen molar-refractivity contribution in [3.05, 3.63) is 20.8 Å². The molecule has 7 heteroatoms. The van der Waals surface area contributed by atoms with Gasteiger partial charge in [0.05, 0.1) is 10.6 Å². The Morgan fingerprint density at radius 1 is 1.48 bits per heavy atom. The van der Waals surface area contributed by atoms with Crippen molar-refractivity contribution in [2.75, 3.05) is 14.1 Å². The summed E-state index contributed by atoms with van der Waals surface area (Å²) >= 11 is 2.94. The van der Waals surface area contributed by atoms with Crippen LogP contribution in [0.1, 0.15) is 30.7 Å². The number of fused-ring (bicyclic) bond motifs is 3. The smallest absolute Gasteiger partial charge is 0.260 e. The van der Waals surface area contributed by atoms with Gasteiger partial charge >= 0.3 is 0 Å². The van der Waals surface area contributed by atoms with Gasteiger partial charge in [0.2, 0.25) is 5.91 Å². The van der Waals surface area contributed by atoms with Gasteiger partial charge in [-0.2, -0.15) is 0 Å². The van der Waals surface area contributed by atoms with E-state index in [1.807, 2.05) is 6.92 Å². The van der Waals surface area contributed by atoms with Gasteiger partial charge in [-0.15, -0.1) is 11.3 Å². The quantitative estimate of drug-likeness (QED) is 0.682. The number of hydrogen-bond donors (Lipinski definition) is 1. The lowest BCUT2D eigenvalue weighted by Gasteiger charge is -2.17. The van der Waals surface area contributed by atoms with E-state index in [9.17, 15) is 9.59 Å². The molecule has 0 fully saturated rings. The first kappa shape index (κ1) is 16.5. The van der Waals surface area contributed by atoms with Crippen LogP contribution in [0.5, 0.6) is 0 Å². The minimum Gasteiger partial charge on any atom is -0.348 e. The van der Waals surface area contributed by atoms with Crippen LogP contribution in [-0.2, 0) is 17.6 Å². The molecule has 1 aliphatic rings. The van der Waals surface area contributed by atoms with Crippen LogP contribution >= 0.6 is 23.1 Å². The second kappa shape index (κ2) is 6.28. The number of aromatic amines is 1. The van der Waals surface area contributed by atoms with Crippen molar-refractivity contribution in [3.63, 3.8) is 0 Å². The monoisotopic (exact) mass is 351 g/mol. The summed E-state index contributed by atoms with van der Waals surface area (Å²) in [5.41, 5.74) is 1.11. The fraction of sp³-hybridized carbons (Fsp3) is 0.562. The summed E-state index contributed by atoms with van der Waals surface area (Å²) in [6.07, 6.45) is 3.13. The van der Waals surface area contributed by atoms with Crippen LogP contribution in [0.2, 0.25) is 0 Å². The molecule has 1 N–H and O–H groups in total. The minimum absolute atomic E-state index is 0.0112. The van der Waals surface area contributed by atoms with Crippen LogP contribution in [-0.4, -0.2) is 40.1 Å². The molecule has 2 aromatic heterocycles. The lowest BCUT2D eigenvalue weighted by atomic mass is 9.89. The van der Waals surface area contributed by atoms with Crippen LogP contribution in [0.4, 0.5) is 0 Å². The van der Waals surface area contributed by atoms with Crippen molar-refractivity contribution in [2.24, 2.45) is 5.92 Å². The van der Waals surface area contributed by atoms with Crippen molar-refractivity contribution in [1.29, 1.82) is 0 Å². The normalized spacial score (nSPS) is 18.7. The molecule has 0 aromatic carbocycles. The van der Waals surface area contributed by atoms with Crippen molar-refractivity contribution >= 4 is 39.2 Å². The van der Waals surface area contributed by atoms with Gasteiger partial charge in [-0.1, -0.05) is 18.7 Å². The number of nitrogens with zero attached hydrogens (tertiary/aromatic N) is 2. The number of carbonyl (C=O) groups excluding carboxylic acids is 1.